The molecule has 0 atom stereocenters. The second-order valence-corrected chi connectivity index (χ2v) is 9.31. The number of aliphatic imine (C=N–C) groups is 1. The third-order valence-corrected chi connectivity index (χ3v) is 7.17. The Bertz CT molecular complexity index is 626. The van der Waals surface area contributed by atoms with Crippen molar-refractivity contribution in [1.82, 2.24) is 4.90 Å². The number of amides is 1. The van der Waals surface area contributed by atoms with Crippen LogP contribution in [-0.2, 0) is 9.59 Å². The Morgan fingerprint density at radius 2 is 1.77 bits per heavy atom. The van der Waals surface area contributed by atoms with Crippen molar-refractivity contribution in [2.24, 2.45) is 22.7 Å². The molecule has 0 aromatic heterocycles. The molecule has 4 saturated carbocycles. The van der Waals surface area contributed by atoms with Gasteiger partial charge in [-0.25, -0.2) is 0 Å². The lowest BCUT2D eigenvalue weighted by Crippen LogP contribution is -2.62. The number of hydrogen-bond donors (Lipinski definition) is 0. The molecule has 5 rings (SSSR count). The number of unbranched alkanes of at least 4 members (excludes halogenated alkanes) is 2. The van der Waals surface area contributed by atoms with E-state index >= 15 is 0 Å². The molecule has 4 fully saturated rings. The fourth-order valence-corrected chi connectivity index (χ4v) is 6.41. The van der Waals surface area contributed by atoms with Gasteiger partial charge < -0.3 is 4.90 Å². The molecule has 1 amide bonds. The summed E-state index contributed by atoms with van der Waals surface area (Å²) >= 11 is 0. The largest absolute Gasteiger partial charge is 0.333 e. The zero-order valence-corrected chi connectivity index (χ0v) is 16.3. The van der Waals surface area contributed by atoms with Gasteiger partial charge in [0.05, 0.1) is 0 Å². The van der Waals surface area contributed by atoms with E-state index in [-0.39, 0.29) is 17.2 Å². The van der Waals surface area contributed by atoms with E-state index in [9.17, 15) is 9.59 Å². The lowest BCUT2D eigenvalue weighted by atomic mass is 9.52. The van der Waals surface area contributed by atoms with Crippen molar-refractivity contribution in [3.63, 3.8) is 0 Å². The molecule has 0 spiro atoms. The van der Waals surface area contributed by atoms with Gasteiger partial charge in [0.2, 0.25) is 0 Å². The summed E-state index contributed by atoms with van der Waals surface area (Å²) in [7, 11) is 0. The normalized spacial score (nSPS) is 35.3. The van der Waals surface area contributed by atoms with Crippen molar-refractivity contribution >= 4 is 17.4 Å². The fourth-order valence-electron chi connectivity index (χ4n) is 6.41. The molecule has 142 valence electrons. The highest BCUT2D eigenvalue weighted by Gasteiger charge is 2.55. The highest BCUT2D eigenvalue weighted by Crippen LogP contribution is 2.58. The van der Waals surface area contributed by atoms with E-state index in [0.717, 1.165) is 68.5 Å². The summed E-state index contributed by atoms with van der Waals surface area (Å²) < 4.78 is 0. The Hall–Kier alpha value is -1.45. The molecule has 0 saturated heterocycles. The summed E-state index contributed by atoms with van der Waals surface area (Å²) in [6.45, 7) is 4.85. The van der Waals surface area contributed by atoms with E-state index in [4.69, 9.17) is 0 Å². The maximum atomic E-state index is 13.5. The van der Waals surface area contributed by atoms with E-state index in [0.29, 0.717) is 12.0 Å². The van der Waals surface area contributed by atoms with Gasteiger partial charge >= 0.3 is 0 Å². The predicted octanol–water partition coefficient (Wildman–Crippen LogP) is 4.29. The summed E-state index contributed by atoms with van der Waals surface area (Å²) in [5, 5.41) is 0. The van der Waals surface area contributed by atoms with Gasteiger partial charge in [-0.1, -0.05) is 19.8 Å². The summed E-state index contributed by atoms with van der Waals surface area (Å²) in [4.78, 5) is 32.4. The van der Waals surface area contributed by atoms with E-state index < -0.39 is 0 Å². The van der Waals surface area contributed by atoms with Gasteiger partial charge in [-0.3, -0.25) is 14.6 Å². The molecule has 4 aliphatic carbocycles. The maximum Gasteiger partial charge on any atom is 0.259 e. The van der Waals surface area contributed by atoms with Gasteiger partial charge in [-0.15, -0.1) is 0 Å². The molecular formula is C22H32N2O2. The Morgan fingerprint density at radius 1 is 1.15 bits per heavy atom. The average Bonchev–Trinajstić information content (AvgIpc) is 2.57. The van der Waals surface area contributed by atoms with Crippen LogP contribution in [-0.4, -0.2) is 34.4 Å². The van der Waals surface area contributed by atoms with Crippen LogP contribution < -0.4 is 0 Å². The summed E-state index contributed by atoms with van der Waals surface area (Å²) in [5.74, 6) is 2.29. The average molecular weight is 357 g/mol. The van der Waals surface area contributed by atoms with E-state index in [1.54, 1.807) is 0 Å². The molecule has 4 heteroatoms. The lowest BCUT2D eigenvalue weighted by molar-refractivity contribution is -0.147. The SMILES string of the molecule is CCCCCN(C(=O)C1=CN=C(C)CC1=O)C12CC3CC(CC(C3)C1)C2. The number of carbonyl (C=O) groups excluding carboxylic acids is 2. The van der Waals surface area contributed by atoms with Crippen molar-refractivity contribution in [1.29, 1.82) is 0 Å². The topological polar surface area (TPSA) is 49.7 Å². The highest BCUT2D eigenvalue weighted by atomic mass is 16.2. The first-order valence-corrected chi connectivity index (χ1v) is 10.6. The van der Waals surface area contributed by atoms with Crippen molar-refractivity contribution < 1.29 is 9.59 Å². The zero-order valence-electron chi connectivity index (χ0n) is 16.3. The number of nitrogens with zero attached hydrogens (tertiary/aromatic N) is 2. The molecule has 0 aromatic rings. The monoisotopic (exact) mass is 356 g/mol. The first-order chi connectivity index (χ1) is 12.5. The molecule has 5 aliphatic rings. The van der Waals surface area contributed by atoms with Gasteiger partial charge in [-0.05, 0) is 69.6 Å². The summed E-state index contributed by atoms with van der Waals surface area (Å²) in [6.07, 6.45) is 12.7. The van der Waals surface area contributed by atoms with Gasteiger partial charge in [-0.2, -0.15) is 0 Å². The van der Waals surface area contributed by atoms with Crippen LogP contribution in [0.4, 0.5) is 0 Å². The Labute approximate surface area is 157 Å². The molecule has 0 unspecified atom stereocenters. The van der Waals surface area contributed by atoms with Gasteiger partial charge in [0.15, 0.2) is 5.78 Å². The molecule has 4 bridgehead atoms. The summed E-state index contributed by atoms with van der Waals surface area (Å²) in [6, 6.07) is 0. The second kappa shape index (κ2) is 6.94. The predicted molar refractivity (Wildman–Crippen MR) is 103 cm³/mol. The highest BCUT2D eigenvalue weighted by molar-refractivity contribution is 6.25. The van der Waals surface area contributed by atoms with Crippen LogP contribution in [0.3, 0.4) is 0 Å². The molecule has 1 heterocycles. The third-order valence-electron chi connectivity index (χ3n) is 7.17. The Kier molecular flexibility index (Phi) is 4.79. The minimum atomic E-state index is -0.0484. The van der Waals surface area contributed by atoms with E-state index in [1.807, 2.05) is 6.92 Å². The number of carbonyl (C=O) groups is 2. The number of ketones is 1. The first kappa shape index (κ1) is 17.9. The van der Waals surface area contributed by atoms with Crippen LogP contribution in [0, 0.1) is 17.8 Å². The van der Waals surface area contributed by atoms with Crippen molar-refractivity contribution in [3.8, 4) is 0 Å². The lowest BCUT2D eigenvalue weighted by Gasteiger charge is -2.60. The Balaban J connectivity index is 1.62. The molecule has 4 nitrogen and oxygen atoms in total. The smallest absolute Gasteiger partial charge is 0.259 e. The molecule has 1 aliphatic heterocycles. The van der Waals surface area contributed by atoms with E-state index in [1.165, 1.54) is 25.5 Å². The van der Waals surface area contributed by atoms with Crippen LogP contribution in [0.1, 0.15) is 78.1 Å². The molecule has 0 aromatic carbocycles. The molecular weight excluding hydrogens is 324 g/mol. The fraction of sp³-hybridized carbons (Fsp3) is 0.773. The van der Waals surface area contributed by atoms with Crippen LogP contribution in [0.15, 0.2) is 16.8 Å². The second-order valence-electron chi connectivity index (χ2n) is 9.31. The molecule has 0 radical (unpaired) electrons. The van der Waals surface area contributed by atoms with Crippen LogP contribution >= 0.6 is 0 Å². The van der Waals surface area contributed by atoms with Crippen LogP contribution in [0.2, 0.25) is 0 Å². The maximum absolute atomic E-state index is 13.5. The zero-order chi connectivity index (χ0) is 18.3. The number of Topliss-reactive ketones (excluding diaryl/α,β-unsaturated/α-hetero) is 1. The van der Waals surface area contributed by atoms with Crippen LogP contribution in [0.25, 0.3) is 0 Å². The third kappa shape index (κ3) is 3.16. The van der Waals surface area contributed by atoms with Gasteiger partial charge in [0.1, 0.15) is 5.57 Å². The molecule has 0 N–H and O–H groups in total. The van der Waals surface area contributed by atoms with Gasteiger partial charge in [0, 0.05) is 30.4 Å². The van der Waals surface area contributed by atoms with Crippen molar-refractivity contribution in [2.45, 2.75) is 83.6 Å². The van der Waals surface area contributed by atoms with Crippen molar-refractivity contribution in [2.75, 3.05) is 6.54 Å². The number of rotatable bonds is 6. The first-order valence-electron chi connectivity index (χ1n) is 10.6. The van der Waals surface area contributed by atoms with E-state index in [2.05, 4.69) is 16.8 Å². The van der Waals surface area contributed by atoms with Crippen molar-refractivity contribution in [3.05, 3.63) is 11.8 Å². The van der Waals surface area contributed by atoms with Crippen LogP contribution in [0.5, 0.6) is 0 Å². The number of hydrogen-bond acceptors (Lipinski definition) is 3. The minimum absolute atomic E-state index is 0.0108. The molecule has 26 heavy (non-hydrogen) atoms. The standard InChI is InChI=1S/C22H32N2O2/c1-3-4-5-6-24(21(26)19-14-23-15(2)7-20(19)25)22-11-16-8-17(12-22)10-18(9-16)13-22/h14,16-18H,3-13H2,1-2H3. The Morgan fingerprint density at radius 3 is 2.31 bits per heavy atom. The van der Waals surface area contributed by atoms with Gasteiger partial charge in [0.25, 0.3) is 5.91 Å². The quantitative estimate of drug-likeness (QED) is 0.526. The summed E-state index contributed by atoms with van der Waals surface area (Å²) in [5.41, 5.74) is 1.14. The minimum Gasteiger partial charge on any atom is -0.333 e.